The molecular formula is C29H29FN8O5. The van der Waals surface area contributed by atoms with E-state index in [2.05, 4.69) is 25.1 Å². The fraction of sp³-hybridized carbons (Fsp3) is 0.310. The van der Waals surface area contributed by atoms with Gasteiger partial charge in [-0.15, -0.1) is 0 Å². The summed E-state index contributed by atoms with van der Waals surface area (Å²) in [6.45, 7) is 1.56. The van der Waals surface area contributed by atoms with E-state index in [1.54, 1.807) is 36.0 Å². The van der Waals surface area contributed by atoms with Crippen LogP contribution in [0, 0.1) is 5.82 Å². The lowest BCUT2D eigenvalue weighted by molar-refractivity contribution is -0.0366. The van der Waals surface area contributed by atoms with Gasteiger partial charge in [0.05, 0.1) is 24.2 Å². The Morgan fingerprint density at radius 1 is 1.12 bits per heavy atom. The molecule has 4 heterocycles. The fourth-order valence-electron chi connectivity index (χ4n) is 5.40. The molecule has 0 radical (unpaired) electrons. The average molecular weight is 589 g/mol. The van der Waals surface area contributed by atoms with Crippen LogP contribution in [0.4, 0.5) is 9.18 Å². The predicted molar refractivity (Wildman–Crippen MR) is 152 cm³/mol. The highest BCUT2D eigenvalue weighted by atomic mass is 19.1. The van der Waals surface area contributed by atoms with E-state index in [9.17, 15) is 19.1 Å². The van der Waals surface area contributed by atoms with Crippen LogP contribution in [0.2, 0.25) is 0 Å². The quantitative estimate of drug-likeness (QED) is 0.275. The summed E-state index contributed by atoms with van der Waals surface area (Å²) in [5.74, 6) is -0.119. The molecule has 1 aliphatic rings. The highest BCUT2D eigenvalue weighted by Gasteiger charge is 2.34. The van der Waals surface area contributed by atoms with Crippen LogP contribution in [0.15, 0.2) is 64.4 Å². The molecule has 1 aliphatic heterocycles. The predicted octanol–water partition coefficient (Wildman–Crippen LogP) is 2.61. The lowest BCUT2D eigenvalue weighted by atomic mass is 9.91. The van der Waals surface area contributed by atoms with E-state index in [1.165, 1.54) is 23.3 Å². The molecule has 0 saturated carbocycles. The van der Waals surface area contributed by atoms with Crippen molar-refractivity contribution in [3.8, 4) is 22.7 Å². The van der Waals surface area contributed by atoms with Crippen molar-refractivity contribution in [2.75, 3.05) is 13.1 Å². The van der Waals surface area contributed by atoms with Gasteiger partial charge >= 0.3 is 6.09 Å². The first-order valence-corrected chi connectivity index (χ1v) is 13.6. The molecule has 2 aromatic carbocycles. The first-order valence-electron chi connectivity index (χ1n) is 13.6. The number of piperidine rings is 1. The summed E-state index contributed by atoms with van der Waals surface area (Å²) in [7, 11) is 1.73. The van der Waals surface area contributed by atoms with Gasteiger partial charge in [0.2, 0.25) is 0 Å². The van der Waals surface area contributed by atoms with Gasteiger partial charge in [-0.1, -0.05) is 35.5 Å². The van der Waals surface area contributed by atoms with Crippen molar-refractivity contribution in [2.45, 2.75) is 38.1 Å². The highest BCUT2D eigenvalue weighted by Crippen LogP contribution is 2.28. The van der Waals surface area contributed by atoms with E-state index in [4.69, 9.17) is 15.0 Å². The molecule has 0 bridgehead atoms. The van der Waals surface area contributed by atoms with Crippen molar-refractivity contribution in [1.82, 2.24) is 34.4 Å². The van der Waals surface area contributed by atoms with Crippen molar-refractivity contribution in [1.29, 1.82) is 0 Å². The van der Waals surface area contributed by atoms with Gasteiger partial charge in [-0.05, 0) is 30.5 Å². The number of nitrogens with two attached hydrogens (primary N) is 1. The Bertz CT molecular complexity index is 1830. The van der Waals surface area contributed by atoms with E-state index in [0.29, 0.717) is 54.8 Å². The first-order chi connectivity index (χ1) is 20.7. The Balaban J connectivity index is 1.13. The van der Waals surface area contributed by atoms with E-state index in [0.717, 1.165) is 11.1 Å². The third kappa shape index (κ3) is 5.87. The topological polar surface area (TPSA) is 167 Å². The Morgan fingerprint density at radius 3 is 2.53 bits per heavy atom. The zero-order valence-corrected chi connectivity index (χ0v) is 23.3. The lowest BCUT2D eigenvalue weighted by Gasteiger charge is -2.38. The second kappa shape index (κ2) is 11.4. The van der Waals surface area contributed by atoms with Crippen molar-refractivity contribution >= 4 is 17.1 Å². The number of primary amides is 1. The smallest absolute Gasteiger partial charge is 0.404 e. The Kier molecular flexibility index (Phi) is 7.46. The van der Waals surface area contributed by atoms with Crippen molar-refractivity contribution in [2.24, 2.45) is 12.8 Å². The Labute approximate surface area is 244 Å². The maximum Gasteiger partial charge on any atom is 0.404 e. The Hall–Kier alpha value is -4.95. The average Bonchev–Trinajstić information content (AvgIpc) is 3.65. The number of nitrogens with zero attached hydrogens (tertiary/aromatic N) is 7. The maximum absolute atomic E-state index is 14.8. The number of ether oxygens (including phenoxy) is 1. The molecule has 3 N–H and O–H groups in total. The number of hydrogen-bond donors (Lipinski definition) is 2. The molecule has 0 aliphatic carbocycles. The normalized spacial score (nSPS) is 15.1. The van der Waals surface area contributed by atoms with Gasteiger partial charge in [0, 0.05) is 43.4 Å². The number of fused-ring (bicyclic) bond motifs is 1. The van der Waals surface area contributed by atoms with Gasteiger partial charge in [0.1, 0.15) is 17.9 Å². The van der Waals surface area contributed by atoms with E-state index in [-0.39, 0.29) is 35.9 Å². The number of rotatable bonds is 8. The molecule has 1 fully saturated rings. The molecule has 14 heteroatoms. The summed E-state index contributed by atoms with van der Waals surface area (Å²) in [5.41, 5.74) is 7.42. The number of carbonyl (C=O) groups excluding carboxylic acids is 1. The number of likely N-dealkylation sites (tertiary alicyclic amines) is 1. The fourth-order valence-corrected chi connectivity index (χ4v) is 5.40. The minimum Gasteiger partial charge on any atom is -0.445 e. The van der Waals surface area contributed by atoms with Crippen molar-refractivity contribution < 1.29 is 23.6 Å². The number of aromatic nitrogens is 6. The highest BCUT2D eigenvalue weighted by molar-refractivity contribution is 5.89. The van der Waals surface area contributed by atoms with E-state index >= 15 is 0 Å². The minimum atomic E-state index is -1.13. The third-order valence-corrected chi connectivity index (χ3v) is 7.73. The molecular weight excluding hydrogens is 559 g/mol. The number of aliphatic hydroxyl groups is 1. The molecule has 3 aromatic heterocycles. The van der Waals surface area contributed by atoms with Gasteiger partial charge in [-0.2, -0.15) is 10.1 Å². The maximum atomic E-state index is 14.8. The van der Waals surface area contributed by atoms with E-state index in [1.807, 2.05) is 12.1 Å². The van der Waals surface area contributed by atoms with Crippen LogP contribution >= 0.6 is 0 Å². The Morgan fingerprint density at radius 2 is 1.86 bits per heavy atom. The van der Waals surface area contributed by atoms with Crippen molar-refractivity contribution in [3.63, 3.8) is 0 Å². The molecule has 13 nitrogen and oxygen atoms in total. The van der Waals surface area contributed by atoms with Crippen LogP contribution in [-0.2, 0) is 31.5 Å². The molecule has 0 spiro atoms. The molecule has 1 amide bonds. The van der Waals surface area contributed by atoms with Gasteiger partial charge in [-0.25, -0.2) is 14.2 Å². The van der Waals surface area contributed by atoms with Crippen LogP contribution in [0.1, 0.15) is 24.0 Å². The molecule has 222 valence electrons. The summed E-state index contributed by atoms with van der Waals surface area (Å²) < 4.78 is 27.6. The first kappa shape index (κ1) is 28.2. The zero-order chi connectivity index (χ0) is 30.1. The van der Waals surface area contributed by atoms with E-state index < -0.39 is 11.7 Å². The third-order valence-electron chi connectivity index (χ3n) is 7.73. The van der Waals surface area contributed by atoms with Gasteiger partial charge in [0.25, 0.3) is 11.4 Å². The second-order valence-corrected chi connectivity index (χ2v) is 10.7. The van der Waals surface area contributed by atoms with Gasteiger partial charge in [-0.3, -0.25) is 18.9 Å². The van der Waals surface area contributed by atoms with Crippen LogP contribution in [0.3, 0.4) is 0 Å². The summed E-state index contributed by atoms with van der Waals surface area (Å²) in [4.78, 5) is 34.8. The summed E-state index contributed by atoms with van der Waals surface area (Å²) >= 11 is 0. The van der Waals surface area contributed by atoms with Crippen LogP contribution in [0.25, 0.3) is 33.7 Å². The number of amides is 1. The number of carbonyl (C=O) groups is 1. The van der Waals surface area contributed by atoms with Crippen LogP contribution in [-0.4, -0.2) is 64.3 Å². The SMILES string of the molecule is Cn1nc2c(=O)n(CC3(O)CCN(Cc4ccc(-c5ncno5)cc4F)CC3)cnc2c1-c1ccc(COC(N)=O)cc1. The molecule has 43 heavy (non-hydrogen) atoms. The molecule has 5 aromatic rings. The van der Waals surface area contributed by atoms with Crippen LogP contribution < -0.4 is 11.3 Å². The van der Waals surface area contributed by atoms with Gasteiger partial charge < -0.3 is 20.1 Å². The molecule has 6 rings (SSSR count). The monoisotopic (exact) mass is 588 g/mol. The second-order valence-electron chi connectivity index (χ2n) is 10.7. The number of hydrogen-bond acceptors (Lipinski definition) is 10. The minimum absolute atomic E-state index is 0.0534. The summed E-state index contributed by atoms with van der Waals surface area (Å²) in [6, 6.07) is 12.0. The molecule has 0 unspecified atom stereocenters. The van der Waals surface area contributed by atoms with Gasteiger partial charge in [0.15, 0.2) is 11.8 Å². The number of halogens is 1. The number of aryl methyl sites for hydroxylation is 1. The summed E-state index contributed by atoms with van der Waals surface area (Å²) in [5, 5.41) is 19.4. The lowest BCUT2D eigenvalue weighted by Crippen LogP contribution is -2.47. The largest absolute Gasteiger partial charge is 0.445 e. The zero-order valence-electron chi connectivity index (χ0n) is 23.3. The van der Waals surface area contributed by atoms with Crippen molar-refractivity contribution in [3.05, 3.63) is 82.4 Å². The summed E-state index contributed by atoms with van der Waals surface area (Å²) in [6.07, 6.45) is 2.66. The number of benzene rings is 2. The van der Waals surface area contributed by atoms with Crippen LogP contribution in [0.5, 0.6) is 0 Å². The molecule has 0 atom stereocenters. The molecule has 1 saturated heterocycles. The standard InChI is InChI=1S/C29H29FN8O5/c1-36-25(19-4-2-18(3-5-19)14-42-28(31)40)23-24(35-36)27(39)38(17-33-23)15-29(41)8-10-37(11-9-29)13-21-7-6-20(12-22(21)30)26-32-16-34-43-26/h2-7,12,16-17,41H,8-11,13-15H2,1H3,(H2,31,40).